The van der Waals surface area contributed by atoms with Crippen LogP contribution in [0.4, 0.5) is 0 Å². The fourth-order valence-corrected chi connectivity index (χ4v) is 2.21. The third-order valence-electron chi connectivity index (χ3n) is 3.54. The first-order valence-corrected chi connectivity index (χ1v) is 6.37. The summed E-state index contributed by atoms with van der Waals surface area (Å²) >= 11 is 0. The molecule has 0 saturated carbocycles. The van der Waals surface area contributed by atoms with Crippen molar-refractivity contribution in [2.75, 3.05) is 13.6 Å². The number of hydrogen-bond donors (Lipinski definition) is 1. The largest absolute Gasteiger partial charge is 0.304 e. The van der Waals surface area contributed by atoms with Crippen LogP contribution in [0.1, 0.15) is 25.3 Å². The first-order valence-electron chi connectivity index (χ1n) is 6.37. The van der Waals surface area contributed by atoms with Crippen LogP contribution in [0.3, 0.4) is 0 Å². The summed E-state index contributed by atoms with van der Waals surface area (Å²) in [6.45, 7) is 4.06. The fraction of sp³-hybridized carbons (Fsp3) is 0.571. The number of likely N-dealkylation sites (tertiary alicyclic amines) is 1. The number of benzene rings is 1. The van der Waals surface area contributed by atoms with Crippen LogP contribution < -0.4 is 5.48 Å². The summed E-state index contributed by atoms with van der Waals surface area (Å²) in [6.07, 6.45) is 2.32. The highest BCUT2D eigenvalue weighted by atomic mass is 16.6. The van der Waals surface area contributed by atoms with Crippen LogP contribution in [0, 0.1) is 0 Å². The van der Waals surface area contributed by atoms with Crippen molar-refractivity contribution >= 4 is 0 Å². The van der Waals surface area contributed by atoms with Crippen LogP contribution >= 0.6 is 0 Å². The zero-order chi connectivity index (χ0) is 12.1. The predicted molar refractivity (Wildman–Crippen MR) is 69.5 cm³/mol. The smallest absolute Gasteiger partial charge is 0.0933 e. The van der Waals surface area contributed by atoms with E-state index in [0.29, 0.717) is 18.7 Å². The molecule has 0 amide bonds. The third-order valence-corrected chi connectivity index (χ3v) is 3.54. The SMILES string of the molecule is CC1CC(NOCc2ccccc2)CCN1C. The molecule has 2 rings (SSSR count). The Hall–Kier alpha value is -0.900. The van der Waals surface area contributed by atoms with E-state index in [1.165, 1.54) is 5.56 Å². The second kappa shape index (κ2) is 6.15. The molecule has 0 spiro atoms. The Kier molecular flexibility index (Phi) is 4.54. The Morgan fingerprint density at radius 1 is 1.35 bits per heavy atom. The minimum absolute atomic E-state index is 0.491. The second-order valence-electron chi connectivity index (χ2n) is 4.94. The highest BCUT2D eigenvalue weighted by Crippen LogP contribution is 2.15. The average molecular weight is 234 g/mol. The lowest BCUT2D eigenvalue weighted by Crippen LogP contribution is -2.45. The highest BCUT2D eigenvalue weighted by Gasteiger charge is 2.22. The van der Waals surface area contributed by atoms with E-state index in [0.717, 1.165) is 19.4 Å². The maximum absolute atomic E-state index is 5.57. The van der Waals surface area contributed by atoms with Crippen LogP contribution in [0.5, 0.6) is 0 Å². The molecule has 1 saturated heterocycles. The van der Waals surface area contributed by atoms with E-state index in [2.05, 4.69) is 36.5 Å². The molecule has 0 aliphatic carbocycles. The van der Waals surface area contributed by atoms with Crippen LogP contribution in [0.15, 0.2) is 30.3 Å². The molecule has 0 aromatic heterocycles. The molecule has 1 aliphatic rings. The van der Waals surface area contributed by atoms with Gasteiger partial charge >= 0.3 is 0 Å². The molecule has 17 heavy (non-hydrogen) atoms. The number of piperidine rings is 1. The van der Waals surface area contributed by atoms with Gasteiger partial charge in [-0.05, 0) is 38.9 Å². The van der Waals surface area contributed by atoms with Crippen molar-refractivity contribution in [2.24, 2.45) is 0 Å². The van der Waals surface area contributed by atoms with Gasteiger partial charge in [0, 0.05) is 12.1 Å². The van der Waals surface area contributed by atoms with E-state index in [1.54, 1.807) is 0 Å². The molecular formula is C14H22N2O. The van der Waals surface area contributed by atoms with Crippen LogP contribution in [0.2, 0.25) is 0 Å². The van der Waals surface area contributed by atoms with Gasteiger partial charge in [0.15, 0.2) is 0 Å². The van der Waals surface area contributed by atoms with E-state index < -0.39 is 0 Å². The molecule has 3 heteroatoms. The van der Waals surface area contributed by atoms with E-state index in [9.17, 15) is 0 Å². The molecule has 1 fully saturated rings. The Morgan fingerprint density at radius 2 is 2.12 bits per heavy atom. The average Bonchev–Trinajstić information content (AvgIpc) is 2.35. The van der Waals surface area contributed by atoms with Crippen molar-refractivity contribution < 1.29 is 4.84 Å². The molecule has 1 aliphatic heterocycles. The van der Waals surface area contributed by atoms with Crippen molar-refractivity contribution in [1.29, 1.82) is 0 Å². The summed E-state index contributed by atoms with van der Waals surface area (Å²) in [5.41, 5.74) is 4.40. The quantitative estimate of drug-likeness (QED) is 0.808. The minimum Gasteiger partial charge on any atom is -0.304 e. The van der Waals surface area contributed by atoms with E-state index in [1.807, 2.05) is 18.2 Å². The number of rotatable bonds is 4. The summed E-state index contributed by atoms with van der Waals surface area (Å²) in [5, 5.41) is 0. The van der Waals surface area contributed by atoms with Gasteiger partial charge < -0.3 is 4.90 Å². The number of nitrogens with zero attached hydrogens (tertiary/aromatic N) is 1. The fourth-order valence-electron chi connectivity index (χ4n) is 2.21. The monoisotopic (exact) mass is 234 g/mol. The zero-order valence-electron chi connectivity index (χ0n) is 10.7. The van der Waals surface area contributed by atoms with Crippen molar-refractivity contribution in [3.05, 3.63) is 35.9 Å². The highest BCUT2D eigenvalue weighted by molar-refractivity contribution is 5.13. The van der Waals surface area contributed by atoms with Gasteiger partial charge in [0.05, 0.1) is 6.61 Å². The van der Waals surface area contributed by atoms with Crippen LogP contribution in [-0.2, 0) is 11.4 Å². The van der Waals surface area contributed by atoms with Gasteiger partial charge in [0.25, 0.3) is 0 Å². The molecule has 1 N–H and O–H groups in total. The topological polar surface area (TPSA) is 24.5 Å². The molecule has 94 valence electrons. The lowest BCUT2D eigenvalue weighted by Gasteiger charge is -2.35. The Bertz CT molecular complexity index is 328. The summed E-state index contributed by atoms with van der Waals surface area (Å²) in [7, 11) is 2.19. The maximum atomic E-state index is 5.57. The summed E-state index contributed by atoms with van der Waals surface area (Å²) in [4.78, 5) is 7.97. The van der Waals surface area contributed by atoms with Gasteiger partial charge in [-0.2, -0.15) is 5.48 Å². The van der Waals surface area contributed by atoms with Gasteiger partial charge in [0.2, 0.25) is 0 Å². The lowest BCUT2D eigenvalue weighted by molar-refractivity contribution is -0.0167. The first kappa shape index (κ1) is 12.6. The van der Waals surface area contributed by atoms with Crippen molar-refractivity contribution in [3.63, 3.8) is 0 Å². The van der Waals surface area contributed by atoms with Gasteiger partial charge in [-0.1, -0.05) is 30.3 Å². The summed E-state index contributed by atoms with van der Waals surface area (Å²) < 4.78 is 0. The molecule has 2 unspecified atom stereocenters. The van der Waals surface area contributed by atoms with Gasteiger partial charge in [0.1, 0.15) is 0 Å². The van der Waals surface area contributed by atoms with Gasteiger partial charge in [-0.15, -0.1) is 0 Å². The number of hydrogen-bond acceptors (Lipinski definition) is 3. The molecule has 2 atom stereocenters. The van der Waals surface area contributed by atoms with Crippen molar-refractivity contribution in [1.82, 2.24) is 10.4 Å². The standard InChI is InChI=1S/C14H22N2O/c1-12-10-14(8-9-16(12)2)15-17-11-13-6-4-3-5-7-13/h3-7,12,14-15H,8-11H2,1-2H3. The molecular weight excluding hydrogens is 212 g/mol. The molecule has 0 radical (unpaired) electrons. The van der Waals surface area contributed by atoms with Crippen molar-refractivity contribution in [2.45, 2.75) is 38.5 Å². The lowest BCUT2D eigenvalue weighted by atomic mass is 10.00. The summed E-state index contributed by atoms with van der Waals surface area (Å²) in [6, 6.07) is 11.4. The molecule has 1 heterocycles. The zero-order valence-corrected chi connectivity index (χ0v) is 10.7. The normalized spacial score (nSPS) is 26.0. The number of nitrogens with one attached hydrogen (secondary N) is 1. The number of hydroxylamine groups is 1. The Morgan fingerprint density at radius 3 is 2.82 bits per heavy atom. The molecule has 1 aromatic carbocycles. The molecule has 3 nitrogen and oxygen atoms in total. The first-order chi connectivity index (χ1) is 8.25. The second-order valence-corrected chi connectivity index (χ2v) is 4.94. The van der Waals surface area contributed by atoms with Gasteiger partial charge in [-0.3, -0.25) is 4.84 Å². The van der Waals surface area contributed by atoms with Crippen LogP contribution in [0.25, 0.3) is 0 Å². The van der Waals surface area contributed by atoms with E-state index >= 15 is 0 Å². The predicted octanol–water partition coefficient (Wildman–Crippen LogP) is 2.19. The Labute approximate surface area is 104 Å². The molecule has 1 aromatic rings. The molecule has 0 bridgehead atoms. The maximum Gasteiger partial charge on any atom is 0.0933 e. The minimum atomic E-state index is 0.491. The van der Waals surface area contributed by atoms with E-state index in [-0.39, 0.29) is 0 Å². The Balaban J connectivity index is 1.69. The summed E-state index contributed by atoms with van der Waals surface area (Å²) in [5.74, 6) is 0. The third kappa shape index (κ3) is 3.80. The van der Waals surface area contributed by atoms with E-state index in [4.69, 9.17) is 4.84 Å². The van der Waals surface area contributed by atoms with Gasteiger partial charge in [-0.25, -0.2) is 0 Å². The van der Waals surface area contributed by atoms with Crippen molar-refractivity contribution in [3.8, 4) is 0 Å². The van der Waals surface area contributed by atoms with Crippen LogP contribution in [-0.4, -0.2) is 30.6 Å².